The second-order valence-electron chi connectivity index (χ2n) is 4.05. The topological polar surface area (TPSA) is 9.23 Å². The maximum absolute atomic E-state index is 5.27. The fourth-order valence-electron chi connectivity index (χ4n) is 1.93. The quantitative estimate of drug-likeness (QED) is 0.557. The predicted octanol–water partition coefficient (Wildman–Crippen LogP) is 2.28. The highest BCUT2D eigenvalue weighted by molar-refractivity contribution is 5.97. The summed E-state index contributed by atoms with van der Waals surface area (Å²) >= 11 is 0. The van der Waals surface area contributed by atoms with Gasteiger partial charge in [0.05, 0.1) is 0 Å². The van der Waals surface area contributed by atoms with Crippen molar-refractivity contribution in [2.45, 2.75) is 52.9 Å². The molecule has 0 aromatic rings. The average molecular weight is 188 g/mol. The van der Waals surface area contributed by atoms with Gasteiger partial charge in [0.1, 0.15) is 10.5 Å². The Morgan fingerprint density at radius 2 is 1.58 bits per heavy atom. The first kappa shape index (κ1) is 12.2. The fraction of sp³-hybridized carbons (Fsp3) is 1.00. The van der Waals surface area contributed by atoms with E-state index in [2.05, 4.69) is 20.8 Å². The molecule has 74 valence electrons. The molecule has 0 saturated heterocycles. The van der Waals surface area contributed by atoms with Crippen molar-refractivity contribution in [3.63, 3.8) is 0 Å². The molecule has 0 atom stereocenters. The van der Waals surface area contributed by atoms with E-state index in [0.29, 0.717) is 5.41 Å². The van der Waals surface area contributed by atoms with Gasteiger partial charge in [-0.05, 0) is 24.7 Å². The minimum atomic E-state index is 0.550. The summed E-state index contributed by atoms with van der Waals surface area (Å²) in [5.74, 6) is 0. The Labute approximate surface area is 80.4 Å². The standard InChI is InChI=1S/C10H24OSi/c1-4-6-10(3,7-5-2)8-9-11-12/h4-9H2,1-3,12H3. The van der Waals surface area contributed by atoms with Crippen molar-refractivity contribution in [3.05, 3.63) is 0 Å². The van der Waals surface area contributed by atoms with E-state index in [1.54, 1.807) is 0 Å². The molecule has 0 spiro atoms. The van der Waals surface area contributed by atoms with Crippen LogP contribution in [0.1, 0.15) is 52.9 Å². The molecule has 0 rings (SSSR count). The van der Waals surface area contributed by atoms with Crippen LogP contribution < -0.4 is 0 Å². The predicted molar refractivity (Wildman–Crippen MR) is 58.4 cm³/mol. The largest absolute Gasteiger partial charge is 0.428 e. The molecule has 0 aromatic carbocycles. The van der Waals surface area contributed by atoms with Gasteiger partial charge < -0.3 is 4.43 Å². The molecule has 0 unspecified atom stereocenters. The molecule has 1 nitrogen and oxygen atoms in total. The fourth-order valence-corrected chi connectivity index (χ4v) is 2.13. The van der Waals surface area contributed by atoms with Crippen LogP contribution in [-0.4, -0.2) is 17.1 Å². The molecule has 0 amide bonds. The molecule has 0 aromatic heterocycles. The summed E-state index contributed by atoms with van der Waals surface area (Å²) in [5, 5.41) is 0. The van der Waals surface area contributed by atoms with Gasteiger partial charge >= 0.3 is 0 Å². The lowest BCUT2D eigenvalue weighted by Crippen LogP contribution is -2.18. The Morgan fingerprint density at radius 1 is 1.08 bits per heavy atom. The van der Waals surface area contributed by atoms with E-state index < -0.39 is 0 Å². The van der Waals surface area contributed by atoms with E-state index >= 15 is 0 Å². The Hall–Kier alpha value is 0.177. The lowest BCUT2D eigenvalue weighted by molar-refractivity contribution is 0.191. The van der Waals surface area contributed by atoms with Crippen LogP contribution in [0, 0.1) is 5.41 Å². The Morgan fingerprint density at radius 3 is 1.92 bits per heavy atom. The van der Waals surface area contributed by atoms with Gasteiger partial charge in [-0.25, -0.2) is 0 Å². The molecule has 0 aliphatic heterocycles. The monoisotopic (exact) mass is 188 g/mol. The van der Waals surface area contributed by atoms with Crippen molar-refractivity contribution in [3.8, 4) is 0 Å². The van der Waals surface area contributed by atoms with Crippen molar-refractivity contribution in [1.82, 2.24) is 0 Å². The van der Waals surface area contributed by atoms with Crippen LogP contribution >= 0.6 is 0 Å². The smallest absolute Gasteiger partial charge is 0.145 e. The minimum Gasteiger partial charge on any atom is -0.428 e. The average Bonchev–Trinajstić information content (AvgIpc) is 2.02. The molecule has 0 radical (unpaired) electrons. The van der Waals surface area contributed by atoms with Crippen LogP contribution in [0.3, 0.4) is 0 Å². The van der Waals surface area contributed by atoms with E-state index in [9.17, 15) is 0 Å². The number of hydrogen-bond acceptors (Lipinski definition) is 1. The van der Waals surface area contributed by atoms with Gasteiger partial charge in [0.25, 0.3) is 0 Å². The third kappa shape index (κ3) is 4.94. The molecule has 0 aliphatic rings. The SMILES string of the molecule is CCCC(C)(CCC)CCO[SiH3]. The van der Waals surface area contributed by atoms with Crippen molar-refractivity contribution >= 4 is 10.5 Å². The Kier molecular flexibility index (Phi) is 6.77. The molecular formula is C10H24OSi. The van der Waals surface area contributed by atoms with Crippen LogP contribution in [0.15, 0.2) is 0 Å². The van der Waals surface area contributed by atoms with Gasteiger partial charge in [-0.2, -0.15) is 0 Å². The van der Waals surface area contributed by atoms with Gasteiger partial charge in [0, 0.05) is 6.61 Å². The highest BCUT2D eigenvalue weighted by Crippen LogP contribution is 2.32. The number of rotatable bonds is 7. The van der Waals surface area contributed by atoms with Crippen LogP contribution in [0.5, 0.6) is 0 Å². The Balaban J connectivity index is 3.80. The first-order chi connectivity index (χ1) is 5.68. The van der Waals surface area contributed by atoms with E-state index in [0.717, 1.165) is 17.1 Å². The molecule has 0 fully saturated rings. The third-order valence-electron chi connectivity index (χ3n) is 2.62. The summed E-state index contributed by atoms with van der Waals surface area (Å²) in [5.41, 5.74) is 0.550. The lowest BCUT2D eigenvalue weighted by atomic mass is 9.79. The van der Waals surface area contributed by atoms with Gasteiger partial charge in [0.2, 0.25) is 0 Å². The summed E-state index contributed by atoms with van der Waals surface area (Å²) in [4.78, 5) is 0. The minimum absolute atomic E-state index is 0.550. The van der Waals surface area contributed by atoms with Crippen LogP contribution in [0.4, 0.5) is 0 Å². The zero-order chi connectivity index (χ0) is 9.45. The molecule has 0 aliphatic carbocycles. The lowest BCUT2D eigenvalue weighted by Gasteiger charge is -2.28. The van der Waals surface area contributed by atoms with E-state index in [-0.39, 0.29) is 0 Å². The van der Waals surface area contributed by atoms with Crippen molar-refractivity contribution in [2.24, 2.45) is 5.41 Å². The van der Waals surface area contributed by atoms with E-state index in [4.69, 9.17) is 4.43 Å². The maximum Gasteiger partial charge on any atom is 0.145 e. The van der Waals surface area contributed by atoms with Crippen LogP contribution in [-0.2, 0) is 4.43 Å². The zero-order valence-electron chi connectivity index (χ0n) is 9.15. The van der Waals surface area contributed by atoms with Gasteiger partial charge in [-0.15, -0.1) is 0 Å². The molecule has 0 bridgehead atoms. The van der Waals surface area contributed by atoms with Gasteiger partial charge in [0.15, 0.2) is 0 Å². The number of hydrogen-bond donors (Lipinski definition) is 0. The molecule has 2 heteroatoms. The second-order valence-corrected chi connectivity index (χ2v) is 4.63. The first-order valence-electron chi connectivity index (χ1n) is 5.17. The molecular weight excluding hydrogens is 164 g/mol. The first-order valence-corrected chi connectivity index (χ1v) is 5.99. The molecule has 0 N–H and O–H groups in total. The highest BCUT2D eigenvalue weighted by Gasteiger charge is 2.21. The Bertz CT molecular complexity index is 98.0. The second kappa shape index (κ2) is 6.67. The molecule has 0 heterocycles. The summed E-state index contributed by atoms with van der Waals surface area (Å²) in [6.07, 6.45) is 6.56. The van der Waals surface area contributed by atoms with Crippen molar-refractivity contribution in [2.75, 3.05) is 6.61 Å². The molecule has 0 saturated carbocycles. The zero-order valence-corrected chi connectivity index (χ0v) is 11.2. The van der Waals surface area contributed by atoms with Gasteiger partial charge in [-0.3, -0.25) is 0 Å². The van der Waals surface area contributed by atoms with Crippen LogP contribution in [0.2, 0.25) is 0 Å². The summed E-state index contributed by atoms with van der Waals surface area (Å²) in [6, 6.07) is 0. The third-order valence-corrected chi connectivity index (χ3v) is 3.03. The highest BCUT2D eigenvalue weighted by atomic mass is 28.2. The van der Waals surface area contributed by atoms with Gasteiger partial charge in [-0.1, -0.05) is 33.6 Å². The maximum atomic E-state index is 5.27. The summed E-state index contributed by atoms with van der Waals surface area (Å²) < 4.78 is 5.27. The van der Waals surface area contributed by atoms with Crippen molar-refractivity contribution < 1.29 is 4.43 Å². The van der Waals surface area contributed by atoms with E-state index in [1.165, 1.54) is 32.1 Å². The van der Waals surface area contributed by atoms with Crippen LogP contribution in [0.25, 0.3) is 0 Å². The molecule has 12 heavy (non-hydrogen) atoms. The summed E-state index contributed by atoms with van der Waals surface area (Å²) in [7, 11) is 0.891. The summed E-state index contributed by atoms with van der Waals surface area (Å²) in [6.45, 7) is 7.92. The van der Waals surface area contributed by atoms with Crippen molar-refractivity contribution in [1.29, 1.82) is 0 Å². The normalized spacial score (nSPS) is 12.2. The van der Waals surface area contributed by atoms with E-state index in [1.807, 2.05) is 0 Å².